The van der Waals surface area contributed by atoms with E-state index >= 15 is 0 Å². The van der Waals surface area contributed by atoms with Crippen molar-refractivity contribution in [2.45, 2.75) is 40.2 Å². The molecule has 154 valence electrons. The molecule has 2 aromatic carbocycles. The van der Waals surface area contributed by atoms with Gasteiger partial charge in [-0.05, 0) is 75.6 Å². The van der Waals surface area contributed by atoms with Crippen LogP contribution in [-0.4, -0.2) is 18.5 Å². The number of anilines is 2. The van der Waals surface area contributed by atoms with Crippen LogP contribution in [0.2, 0.25) is 5.02 Å². The van der Waals surface area contributed by atoms with Gasteiger partial charge in [-0.2, -0.15) is 5.26 Å². The van der Waals surface area contributed by atoms with Gasteiger partial charge in [0.2, 0.25) is 0 Å². The Hall–Kier alpha value is -3.03. The summed E-state index contributed by atoms with van der Waals surface area (Å²) in [5, 5.41) is 12.9. The van der Waals surface area contributed by atoms with E-state index in [0.717, 1.165) is 28.0 Å². The second-order valence-corrected chi connectivity index (χ2v) is 8.78. The minimum absolute atomic E-state index is 0.00273. The molecule has 30 heavy (non-hydrogen) atoms. The molecule has 0 spiro atoms. The highest BCUT2D eigenvalue weighted by molar-refractivity contribution is 6.32. The summed E-state index contributed by atoms with van der Waals surface area (Å²) in [5.41, 5.74) is 6.47. The van der Waals surface area contributed by atoms with E-state index in [1.165, 1.54) is 0 Å². The SMILES string of the molecule is CC1=CC(C)(C)N(C)c2cc(Cl)c(/C=C(\C#N)C(=O)Nc3ccc(C)cc3C)cc21. The van der Waals surface area contributed by atoms with Crippen LogP contribution in [0.25, 0.3) is 11.6 Å². The fourth-order valence-electron chi connectivity index (χ4n) is 3.75. The minimum atomic E-state index is -0.455. The molecule has 0 aromatic heterocycles. The van der Waals surface area contributed by atoms with Crippen molar-refractivity contribution in [3.63, 3.8) is 0 Å². The van der Waals surface area contributed by atoms with E-state index in [4.69, 9.17) is 11.6 Å². The number of halogens is 1. The Balaban J connectivity index is 1.98. The van der Waals surface area contributed by atoms with E-state index in [9.17, 15) is 10.1 Å². The number of amides is 1. The summed E-state index contributed by atoms with van der Waals surface area (Å²) in [4.78, 5) is 14.9. The monoisotopic (exact) mass is 419 g/mol. The highest BCUT2D eigenvalue weighted by Crippen LogP contribution is 2.40. The Labute approximate surface area is 183 Å². The topological polar surface area (TPSA) is 56.1 Å². The standard InChI is InChI=1S/C25H26ClN3O/c1-15-7-8-22(16(2)9-15)28-24(30)19(14-27)10-18-11-20-17(3)13-25(4,5)29(6)23(20)12-21(18)26/h7-13H,1-6H3,(H,28,30)/b19-10+. The van der Waals surface area contributed by atoms with Gasteiger partial charge in [0.1, 0.15) is 11.6 Å². The molecule has 0 saturated heterocycles. The predicted molar refractivity (Wildman–Crippen MR) is 126 cm³/mol. The third kappa shape index (κ3) is 4.13. The number of hydrogen-bond donors (Lipinski definition) is 1. The fourth-order valence-corrected chi connectivity index (χ4v) is 3.96. The third-order valence-corrected chi connectivity index (χ3v) is 5.96. The predicted octanol–water partition coefficient (Wildman–Crippen LogP) is 6.13. The first-order valence-corrected chi connectivity index (χ1v) is 10.2. The van der Waals surface area contributed by atoms with Crippen LogP contribution in [0, 0.1) is 25.2 Å². The number of rotatable bonds is 3. The van der Waals surface area contributed by atoms with Crippen molar-refractivity contribution < 1.29 is 4.79 Å². The van der Waals surface area contributed by atoms with Crippen molar-refractivity contribution in [1.29, 1.82) is 5.26 Å². The summed E-state index contributed by atoms with van der Waals surface area (Å²) in [5.74, 6) is -0.455. The quantitative estimate of drug-likeness (QED) is 0.480. The van der Waals surface area contributed by atoms with Gasteiger partial charge in [-0.3, -0.25) is 4.79 Å². The fraction of sp³-hybridized carbons (Fsp3) is 0.280. The van der Waals surface area contributed by atoms with Gasteiger partial charge >= 0.3 is 0 Å². The number of nitriles is 1. The zero-order chi connectivity index (χ0) is 22.2. The molecule has 1 amide bonds. The smallest absolute Gasteiger partial charge is 0.266 e. The molecule has 1 heterocycles. The van der Waals surface area contributed by atoms with Gasteiger partial charge in [0.15, 0.2) is 0 Å². The van der Waals surface area contributed by atoms with Crippen molar-refractivity contribution in [1.82, 2.24) is 0 Å². The van der Waals surface area contributed by atoms with E-state index < -0.39 is 5.91 Å². The highest BCUT2D eigenvalue weighted by Gasteiger charge is 2.29. The summed E-state index contributed by atoms with van der Waals surface area (Å²) in [6, 6.07) is 11.6. The molecule has 0 radical (unpaired) electrons. The lowest BCUT2D eigenvalue weighted by atomic mass is 9.88. The number of aryl methyl sites for hydroxylation is 2. The summed E-state index contributed by atoms with van der Waals surface area (Å²) >= 11 is 6.54. The number of benzene rings is 2. The summed E-state index contributed by atoms with van der Waals surface area (Å²) in [7, 11) is 2.03. The Morgan fingerprint density at radius 2 is 1.90 bits per heavy atom. The molecule has 5 heteroatoms. The molecule has 3 rings (SSSR count). The maximum absolute atomic E-state index is 12.7. The molecular weight excluding hydrogens is 394 g/mol. The zero-order valence-corrected chi connectivity index (χ0v) is 19.0. The molecular formula is C25H26ClN3O. The van der Waals surface area contributed by atoms with Crippen molar-refractivity contribution in [3.05, 3.63) is 69.3 Å². The van der Waals surface area contributed by atoms with Gasteiger partial charge in [0, 0.05) is 29.0 Å². The average molecular weight is 420 g/mol. The van der Waals surface area contributed by atoms with E-state index in [-0.39, 0.29) is 11.1 Å². The minimum Gasteiger partial charge on any atom is -0.365 e. The molecule has 0 bridgehead atoms. The Bertz CT molecular complexity index is 1140. The van der Waals surface area contributed by atoms with Crippen LogP contribution in [0.15, 0.2) is 42.0 Å². The molecule has 0 unspecified atom stereocenters. The molecule has 4 nitrogen and oxygen atoms in total. The van der Waals surface area contributed by atoms with Gasteiger partial charge in [-0.15, -0.1) is 0 Å². The molecule has 0 fully saturated rings. The largest absolute Gasteiger partial charge is 0.365 e. The third-order valence-electron chi connectivity index (χ3n) is 5.63. The maximum Gasteiger partial charge on any atom is 0.266 e. The van der Waals surface area contributed by atoms with Gasteiger partial charge in [0.05, 0.1) is 5.54 Å². The van der Waals surface area contributed by atoms with E-state index in [1.807, 2.05) is 57.3 Å². The second kappa shape index (κ2) is 8.01. The molecule has 1 aliphatic rings. The van der Waals surface area contributed by atoms with Crippen LogP contribution in [0.3, 0.4) is 0 Å². The van der Waals surface area contributed by atoms with Crippen molar-refractivity contribution in [2.75, 3.05) is 17.3 Å². The Kier molecular flexibility index (Phi) is 5.78. The zero-order valence-electron chi connectivity index (χ0n) is 18.2. The van der Waals surface area contributed by atoms with Crippen LogP contribution in [0.4, 0.5) is 11.4 Å². The number of allylic oxidation sites excluding steroid dienone is 1. The first-order valence-electron chi connectivity index (χ1n) is 9.81. The molecule has 0 atom stereocenters. The van der Waals surface area contributed by atoms with E-state index in [0.29, 0.717) is 16.3 Å². The summed E-state index contributed by atoms with van der Waals surface area (Å²) < 4.78 is 0. The number of carbonyl (C=O) groups is 1. The molecule has 1 aliphatic heterocycles. The van der Waals surface area contributed by atoms with E-state index in [1.54, 1.807) is 6.08 Å². The van der Waals surface area contributed by atoms with Gasteiger partial charge in [-0.1, -0.05) is 35.4 Å². The lowest BCUT2D eigenvalue weighted by molar-refractivity contribution is -0.112. The number of nitrogens with zero attached hydrogens (tertiary/aromatic N) is 2. The summed E-state index contributed by atoms with van der Waals surface area (Å²) in [6.45, 7) is 10.3. The summed E-state index contributed by atoms with van der Waals surface area (Å²) in [6.07, 6.45) is 3.75. The van der Waals surface area contributed by atoms with Crippen LogP contribution in [0.1, 0.15) is 43.0 Å². The Morgan fingerprint density at radius 3 is 2.53 bits per heavy atom. The lowest BCUT2D eigenvalue weighted by Gasteiger charge is -2.40. The maximum atomic E-state index is 12.7. The number of hydrogen-bond acceptors (Lipinski definition) is 3. The molecule has 0 aliphatic carbocycles. The highest BCUT2D eigenvalue weighted by atomic mass is 35.5. The Morgan fingerprint density at radius 1 is 1.20 bits per heavy atom. The number of fused-ring (bicyclic) bond motifs is 1. The molecule has 1 N–H and O–H groups in total. The van der Waals surface area contributed by atoms with Crippen molar-refractivity contribution in [2.24, 2.45) is 0 Å². The molecule has 2 aromatic rings. The first kappa shape index (κ1) is 21.7. The van der Waals surface area contributed by atoms with Crippen LogP contribution < -0.4 is 10.2 Å². The van der Waals surface area contributed by atoms with Gasteiger partial charge < -0.3 is 10.2 Å². The van der Waals surface area contributed by atoms with Crippen LogP contribution >= 0.6 is 11.6 Å². The lowest BCUT2D eigenvalue weighted by Crippen LogP contribution is -2.42. The number of likely N-dealkylation sites (N-methyl/N-ethyl adjacent to an activating group) is 1. The molecule has 0 saturated carbocycles. The normalized spacial score (nSPS) is 15.2. The number of carbonyl (C=O) groups excluding carboxylic acids is 1. The number of nitrogens with one attached hydrogen (secondary N) is 1. The first-order chi connectivity index (χ1) is 14.0. The van der Waals surface area contributed by atoms with Crippen molar-refractivity contribution >= 4 is 40.5 Å². The van der Waals surface area contributed by atoms with E-state index in [2.05, 4.69) is 37.1 Å². The van der Waals surface area contributed by atoms with Gasteiger partial charge in [0.25, 0.3) is 5.91 Å². The van der Waals surface area contributed by atoms with Crippen LogP contribution in [-0.2, 0) is 4.79 Å². The van der Waals surface area contributed by atoms with Crippen LogP contribution in [0.5, 0.6) is 0 Å². The average Bonchev–Trinajstić information content (AvgIpc) is 2.66. The van der Waals surface area contributed by atoms with Gasteiger partial charge in [-0.25, -0.2) is 0 Å². The second-order valence-electron chi connectivity index (χ2n) is 8.37. The van der Waals surface area contributed by atoms with Crippen molar-refractivity contribution in [3.8, 4) is 6.07 Å².